The zero-order valence-corrected chi connectivity index (χ0v) is 12.1. The number of esters is 3. The van der Waals surface area contributed by atoms with E-state index in [0.717, 1.165) is 0 Å². The van der Waals surface area contributed by atoms with Crippen molar-refractivity contribution in [2.45, 2.75) is 24.2 Å². The first-order valence-electron chi connectivity index (χ1n) is 5.15. The van der Waals surface area contributed by atoms with Gasteiger partial charge in [-0.15, -0.1) is 0 Å². The molecule has 0 amide bonds. The molecular formula is C10H15IO6. The van der Waals surface area contributed by atoms with Crippen LogP contribution in [0.1, 0.15) is 20.8 Å². The number of carbonyl (C=O) groups is 3. The smallest absolute Gasteiger partial charge is 0.345 e. The molecule has 0 aliphatic carbocycles. The number of halogens is 1. The van der Waals surface area contributed by atoms with Gasteiger partial charge >= 0.3 is 21.3 Å². The second-order valence-electron chi connectivity index (χ2n) is 2.82. The average Bonchev–Trinajstić information content (AvgIpc) is 2.28. The van der Waals surface area contributed by atoms with Gasteiger partial charge in [0.15, 0.2) is 0 Å². The van der Waals surface area contributed by atoms with Crippen molar-refractivity contribution >= 4 is 40.5 Å². The second-order valence-corrected chi connectivity index (χ2v) is 4.44. The third-order valence-electron chi connectivity index (χ3n) is 1.67. The SMILES string of the molecule is CCOC(=O)C(I)(C(=O)OCC)C(=O)OCC. The molecule has 17 heavy (non-hydrogen) atoms. The Morgan fingerprint density at radius 1 is 0.824 bits per heavy atom. The molecule has 0 saturated carbocycles. The Morgan fingerprint density at radius 2 is 1.06 bits per heavy atom. The quantitative estimate of drug-likeness (QED) is 0.230. The van der Waals surface area contributed by atoms with E-state index < -0.39 is 21.3 Å². The molecule has 6 nitrogen and oxygen atoms in total. The monoisotopic (exact) mass is 358 g/mol. The molecule has 0 N–H and O–H groups in total. The van der Waals surface area contributed by atoms with Gasteiger partial charge in [0.05, 0.1) is 19.8 Å². The van der Waals surface area contributed by atoms with E-state index in [0.29, 0.717) is 0 Å². The summed E-state index contributed by atoms with van der Waals surface area (Å²) in [6, 6.07) is 0. The molecule has 0 radical (unpaired) electrons. The molecule has 0 aliphatic rings. The van der Waals surface area contributed by atoms with Crippen molar-refractivity contribution < 1.29 is 28.6 Å². The summed E-state index contributed by atoms with van der Waals surface area (Å²) in [5, 5.41) is 0. The van der Waals surface area contributed by atoms with Gasteiger partial charge in [0.2, 0.25) is 0 Å². The van der Waals surface area contributed by atoms with Gasteiger partial charge in [-0.25, -0.2) is 14.4 Å². The second kappa shape index (κ2) is 7.46. The van der Waals surface area contributed by atoms with Crippen molar-refractivity contribution in [3.8, 4) is 0 Å². The first-order chi connectivity index (χ1) is 7.94. The fourth-order valence-corrected chi connectivity index (χ4v) is 1.41. The fraction of sp³-hybridized carbons (Fsp3) is 0.700. The summed E-state index contributed by atoms with van der Waals surface area (Å²) >= 11 is 1.40. The van der Waals surface area contributed by atoms with Gasteiger partial charge in [0, 0.05) is 0 Å². The van der Waals surface area contributed by atoms with Gasteiger partial charge in [-0.3, -0.25) is 0 Å². The van der Waals surface area contributed by atoms with E-state index in [4.69, 9.17) is 14.2 Å². The van der Waals surface area contributed by atoms with Gasteiger partial charge in [-0.1, -0.05) is 0 Å². The maximum atomic E-state index is 11.7. The van der Waals surface area contributed by atoms with E-state index in [1.807, 2.05) is 0 Å². The predicted molar refractivity (Wildman–Crippen MR) is 66.7 cm³/mol. The molecular weight excluding hydrogens is 343 g/mol. The Hall–Kier alpha value is -0.860. The highest BCUT2D eigenvalue weighted by atomic mass is 127. The summed E-state index contributed by atoms with van der Waals surface area (Å²) in [4.78, 5) is 35.0. The number of hydrogen-bond donors (Lipinski definition) is 0. The normalized spacial score (nSPS) is 10.6. The molecule has 0 rings (SSSR count). The molecule has 0 saturated heterocycles. The molecule has 0 spiro atoms. The zero-order valence-electron chi connectivity index (χ0n) is 9.95. The maximum Gasteiger partial charge on any atom is 0.345 e. The molecule has 0 aromatic carbocycles. The van der Waals surface area contributed by atoms with Crippen LogP contribution in [0.3, 0.4) is 0 Å². The minimum Gasteiger partial charge on any atom is -0.464 e. The molecule has 0 aromatic rings. The summed E-state index contributed by atoms with van der Waals surface area (Å²) in [5.74, 6) is -2.92. The molecule has 0 atom stereocenters. The van der Waals surface area contributed by atoms with Crippen LogP contribution in [0.2, 0.25) is 0 Å². The highest BCUT2D eigenvalue weighted by Gasteiger charge is 2.55. The van der Waals surface area contributed by atoms with E-state index in [1.54, 1.807) is 20.8 Å². The lowest BCUT2D eigenvalue weighted by atomic mass is 10.1. The molecule has 7 heteroatoms. The van der Waals surface area contributed by atoms with E-state index in [-0.39, 0.29) is 19.8 Å². The molecule has 0 aromatic heterocycles. The van der Waals surface area contributed by atoms with Crippen LogP contribution in [0.15, 0.2) is 0 Å². The Labute approximate surface area is 113 Å². The van der Waals surface area contributed by atoms with Gasteiger partial charge in [0.25, 0.3) is 0 Å². The van der Waals surface area contributed by atoms with Crippen molar-refractivity contribution in [3.63, 3.8) is 0 Å². The number of alkyl halides is 1. The molecule has 98 valence electrons. The highest BCUT2D eigenvalue weighted by Crippen LogP contribution is 2.25. The van der Waals surface area contributed by atoms with Crippen LogP contribution in [-0.2, 0) is 28.6 Å². The lowest BCUT2D eigenvalue weighted by Crippen LogP contribution is -2.51. The molecule has 0 fully saturated rings. The zero-order chi connectivity index (χ0) is 13.5. The van der Waals surface area contributed by atoms with Crippen molar-refractivity contribution in [3.05, 3.63) is 0 Å². The molecule has 0 bridgehead atoms. The first-order valence-corrected chi connectivity index (χ1v) is 6.23. The van der Waals surface area contributed by atoms with Crippen LogP contribution in [-0.4, -0.2) is 41.2 Å². The summed E-state index contributed by atoms with van der Waals surface area (Å²) in [7, 11) is 0. The van der Waals surface area contributed by atoms with E-state index in [1.165, 1.54) is 22.6 Å². The van der Waals surface area contributed by atoms with Gasteiger partial charge in [-0.2, -0.15) is 0 Å². The van der Waals surface area contributed by atoms with Crippen LogP contribution >= 0.6 is 22.6 Å². The summed E-state index contributed by atoms with van der Waals surface area (Å²) in [6.07, 6.45) is 0. The van der Waals surface area contributed by atoms with Gasteiger partial charge in [0.1, 0.15) is 0 Å². The van der Waals surface area contributed by atoms with Gasteiger partial charge in [-0.05, 0) is 43.4 Å². The summed E-state index contributed by atoms with van der Waals surface area (Å²) in [5.41, 5.74) is 0. The van der Waals surface area contributed by atoms with Gasteiger partial charge < -0.3 is 14.2 Å². The Morgan fingerprint density at radius 3 is 1.24 bits per heavy atom. The number of ether oxygens (including phenoxy) is 3. The molecule has 0 heterocycles. The van der Waals surface area contributed by atoms with E-state index in [9.17, 15) is 14.4 Å². The lowest BCUT2D eigenvalue weighted by Gasteiger charge is -2.20. The van der Waals surface area contributed by atoms with Crippen molar-refractivity contribution in [2.24, 2.45) is 0 Å². The van der Waals surface area contributed by atoms with E-state index in [2.05, 4.69) is 0 Å². The average molecular weight is 358 g/mol. The fourth-order valence-electron chi connectivity index (χ4n) is 0.942. The summed E-state index contributed by atoms with van der Waals surface area (Å²) < 4.78 is 12.0. The number of rotatable bonds is 6. The van der Waals surface area contributed by atoms with Crippen LogP contribution in [0.4, 0.5) is 0 Å². The van der Waals surface area contributed by atoms with Crippen molar-refractivity contribution in [1.82, 2.24) is 0 Å². The Bertz CT molecular complexity index is 256. The van der Waals surface area contributed by atoms with Crippen LogP contribution in [0.5, 0.6) is 0 Å². The Balaban J connectivity index is 5.12. The molecule has 0 aliphatic heterocycles. The van der Waals surface area contributed by atoms with E-state index >= 15 is 0 Å². The first kappa shape index (κ1) is 16.1. The highest BCUT2D eigenvalue weighted by molar-refractivity contribution is 14.1. The predicted octanol–water partition coefficient (Wildman–Crippen LogP) is 0.850. The lowest BCUT2D eigenvalue weighted by molar-refractivity contribution is -0.167. The van der Waals surface area contributed by atoms with Crippen LogP contribution in [0, 0.1) is 0 Å². The topological polar surface area (TPSA) is 78.9 Å². The Kier molecular flexibility index (Phi) is 7.09. The number of carbonyl (C=O) groups excluding carboxylic acids is 3. The molecule has 0 unspecified atom stereocenters. The largest absolute Gasteiger partial charge is 0.464 e. The minimum atomic E-state index is -2.08. The van der Waals surface area contributed by atoms with Crippen molar-refractivity contribution in [1.29, 1.82) is 0 Å². The van der Waals surface area contributed by atoms with Crippen molar-refractivity contribution in [2.75, 3.05) is 19.8 Å². The van der Waals surface area contributed by atoms with Crippen LogP contribution < -0.4 is 0 Å². The third kappa shape index (κ3) is 3.83. The third-order valence-corrected chi connectivity index (χ3v) is 2.99. The minimum absolute atomic E-state index is 0.0579. The number of hydrogen-bond acceptors (Lipinski definition) is 6. The summed E-state index contributed by atoms with van der Waals surface area (Å²) in [6.45, 7) is 4.90. The van der Waals surface area contributed by atoms with Crippen LogP contribution in [0.25, 0.3) is 0 Å². The standard InChI is InChI=1S/C10H15IO6/c1-4-15-7(12)10(11,8(13)16-5-2)9(14)17-6-3/h4-6H2,1-3H3. The maximum absolute atomic E-state index is 11.7.